The van der Waals surface area contributed by atoms with E-state index in [0.717, 1.165) is 53.5 Å². The lowest BCUT2D eigenvalue weighted by Gasteiger charge is -2.32. The van der Waals surface area contributed by atoms with Crippen LogP contribution in [0.1, 0.15) is 30.0 Å². The highest BCUT2D eigenvalue weighted by atomic mass is 16.5. The molecule has 0 unspecified atom stereocenters. The largest absolute Gasteiger partial charge is 0.497 e. The van der Waals surface area contributed by atoms with E-state index < -0.39 is 0 Å². The molecule has 0 aliphatic carbocycles. The van der Waals surface area contributed by atoms with Crippen LogP contribution >= 0.6 is 0 Å². The fourth-order valence-corrected chi connectivity index (χ4v) is 4.34. The number of carbonyl (C=O) groups is 1. The molecule has 1 fully saturated rings. The Morgan fingerprint density at radius 2 is 1.79 bits per heavy atom. The van der Waals surface area contributed by atoms with Crippen molar-refractivity contribution in [2.24, 2.45) is 5.92 Å². The normalized spacial score (nSPS) is 20.6. The first-order valence-corrected chi connectivity index (χ1v) is 9.96. The Balaban J connectivity index is 1.55. The van der Waals surface area contributed by atoms with Crippen LogP contribution in [0.2, 0.25) is 0 Å². The van der Waals surface area contributed by atoms with Gasteiger partial charge in [-0.05, 0) is 55.2 Å². The molecule has 2 aliphatic heterocycles. The molecule has 2 aromatic carbocycles. The van der Waals surface area contributed by atoms with E-state index in [1.54, 1.807) is 21.3 Å². The number of rotatable bonds is 5. The number of benzene rings is 2. The van der Waals surface area contributed by atoms with Crippen molar-refractivity contribution in [2.45, 2.75) is 25.3 Å². The summed E-state index contributed by atoms with van der Waals surface area (Å²) in [7, 11) is 4.93. The maximum Gasteiger partial charge on any atom is 0.229 e. The van der Waals surface area contributed by atoms with Gasteiger partial charge in [-0.2, -0.15) is 0 Å². The molecule has 2 heterocycles. The molecular weight excluding hydrogens is 370 g/mol. The average Bonchev–Trinajstić information content (AvgIpc) is 3.26. The predicted octanol–water partition coefficient (Wildman–Crippen LogP) is 3.63. The van der Waals surface area contributed by atoms with Gasteiger partial charge in [0.15, 0.2) is 0 Å². The predicted molar refractivity (Wildman–Crippen MR) is 109 cm³/mol. The monoisotopic (exact) mass is 397 g/mol. The quantitative estimate of drug-likeness (QED) is 0.771. The number of hydrogen-bond donors (Lipinski definition) is 0. The number of fused-ring (bicyclic) bond motifs is 1. The van der Waals surface area contributed by atoms with E-state index in [9.17, 15) is 4.79 Å². The van der Waals surface area contributed by atoms with Gasteiger partial charge in [0.05, 0.1) is 33.3 Å². The standard InChI is InChI=1S/C23H27NO5/c1-26-17-7-9-21-15(12-17)11-16(14-29-21)23(25)24-10-4-5-20(24)19-8-6-18(27-2)13-22(19)28-3/h6-9,12-13,16,20H,4-5,10-11,14H2,1-3H3/t16-,20+/m1/s1. The molecule has 1 saturated heterocycles. The average molecular weight is 397 g/mol. The van der Waals surface area contributed by atoms with Crippen molar-refractivity contribution in [2.75, 3.05) is 34.5 Å². The number of ether oxygens (including phenoxy) is 4. The zero-order valence-electron chi connectivity index (χ0n) is 17.1. The summed E-state index contributed by atoms with van der Waals surface area (Å²) in [5, 5.41) is 0. The smallest absolute Gasteiger partial charge is 0.229 e. The Morgan fingerprint density at radius 3 is 2.55 bits per heavy atom. The van der Waals surface area contributed by atoms with Crippen molar-refractivity contribution in [3.63, 3.8) is 0 Å². The molecule has 6 heteroatoms. The molecule has 2 aromatic rings. The van der Waals surface area contributed by atoms with E-state index in [0.29, 0.717) is 13.0 Å². The van der Waals surface area contributed by atoms with Gasteiger partial charge in [-0.1, -0.05) is 0 Å². The molecule has 0 bridgehead atoms. The fourth-order valence-electron chi connectivity index (χ4n) is 4.34. The molecule has 0 N–H and O–H groups in total. The highest BCUT2D eigenvalue weighted by Gasteiger charge is 2.37. The lowest BCUT2D eigenvalue weighted by Crippen LogP contribution is -2.40. The molecule has 1 amide bonds. The number of hydrogen-bond acceptors (Lipinski definition) is 5. The Hall–Kier alpha value is -2.89. The van der Waals surface area contributed by atoms with Crippen LogP contribution < -0.4 is 18.9 Å². The summed E-state index contributed by atoms with van der Waals surface area (Å²) >= 11 is 0. The summed E-state index contributed by atoms with van der Waals surface area (Å²) in [4.78, 5) is 15.4. The summed E-state index contributed by atoms with van der Waals surface area (Å²) in [6.45, 7) is 1.15. The SMILES string of the molecule is COc1ccc2c(c1)C[C@@H](C(=O)N1CCC[C@H]1c1ccc(OC)cc1OC)CO2. The van der Waals surface area contributed by atoms with Crippen LogP contribution in [-0.2, 0) is 11.2 Å². The highest BCUT2D eigenvalue weighted by molar-refractivity contribution is 5.81. The third kappa shape index (κ3) is 3.71. The first-order chi connectivity index (χ1) is 14.1. The molecular formula is C23H27NO5. The summed E-state index contributed by atoms with van der Waals surface area (Å²) < 4.78 is 22.1. The van der Waals surface area contributed by atoms with Crippen LogP contribution in [0, 0.1) is 5.92 Å². The first-order valence-electron chi connectivity index (χ1n) is 9.96. The van der Waals surface area contributed by atoms with Crippen molar-refractivity contribution < 1.29 is 23.7 Å². The Kier molecular flexibility index (Phi) is 5.51. The Labute approximate surface area is 171 Å². The second kappa shape index (κ2) is 8.23. The van der Waals surface area contributed by atoms with Crippen LogP contribution in [0.4, 0.5) is 0 Å². The molecule has 0 saturated carbocycles. The van der Waals surface area contributed by atoms with Crippen LogP contribution in [0.25, 0.3) is 0 Å². The number of methoxy groups -OCH3 is 3. The lowest BCUT2D eigenvalue weighted by atomic mass is 9.94. The maximum absolute atomic E-state index is 13.4. The van der Waals surface area contributed by atoms with Gasteiger partial charge in [-0.15, -0.1) is 0 Å². The second-order valence-corrected chi connectivity index (χ2v) is 7.48. The van der Waals surface area contributed by atoms with Gasteiger partial charge in [0.2, 0.25) is 5.91 Å². The van der Waals surface area contributed by atoms with E-state index in [4.69, 9.17) is 18.9 Å². The minimum absolute atomic E-state index is 0.00932. The van der Waals surface area contributed by atoms with Crippen molar-refractivity contribution in [3.05, 3.63) is 47.5 Å². The van der Waals surface area contributed by atoms with Crippen LogP contribution in [-0.4, -0.2) is 45.3 Å². The van der Waals surface area contributed by atoms with E-state index >= 15 is 0 Å². The van der Waals surface area contributed by atoms with Gasteiger partial charge in [0, 0.05) is 18.2 Å². The van der Waals surface area contributed by atoms with Gasteiger partial charge in [0.25, 0.3) is 0 Å². The van der Waals surface area contributed by atoms with Gasteiger partial charge in [0.1, 0.15) is 29.6 Å². The molecule has 4 rings (SSSR count). The Bertz CT molecular complexity index is 897. The molecule has 0 spiro atoms. The maximum atomic E-state index is 13.4. The van der Waals surface area contributed by atoms with E-state index in [1.807, 2.05) is 41.3 Å². The highest BCUT2D eigenvalue weighted by Crippen LogP contribution is 2.40. The molecule has 6 nitrogen and oxygen atoms in total. The number of likely N-dealkylation sites (tertiary alicyclic amines) is 1. The van der Waals surface area contributed by atoms with Crippen molar-refractivity contribution in [3.8, 4) is 23.0 Å². The van der Waals surface area contributed by atoms with Crippen molar-refractivity contribution in [1.29, 1.82) is 0 Å². The molecule has 0 radical (unpaired) electrons. The fraction of sp³-hybridized carbons (Fsp3) is 0.435. The lowest BCUT2D eigenvalue weighted by molar-refractivity contribution is -0.137. The van der Waals surface area contributed by atoms with Crippen molar-refractivity contribution in [1.82, 2.24) is 4.90 Å². The van der Waals surface area contributed by atoms with Gasteiger partial charge < -0.3 is 23.8 Å². The summed E-state index contributed by atoms with van der Waals surface area (Å²) in [6, 6.07) is 11.6. The van der Waals surface area contributed by atoms with Gasteiger partial charge >= 0.3 is 0 Å². The second-order valence-electron chi connectivity index (χ2n) is 7.48. The molecule has 29 heavy (non-hydrogen) atoms. The number of amides is 1. The summed E-state index contributed by atoms with van der Waals surface area (Å²) in [6.07, 6.45) is 2.56. The van der Waals surface area contributed by atoms with E-state index in [2.05, 4.69) is 0 Å². The van der Waals surface area contributed by atoms with E-state index in [1.165, 1.54) is 0 Å². The minimum Gasteiger partial charge on any atom is -0.497 e. The van der Waals surface area contributed by atoms with Gasteiger partial charge in [-0.25, -0.2) is 0 Å². The zero-order chi connectivity index (χ0) is 20.4. The molecule has 0 aromatic heterocycles. The topological polar surface area (TPSA) is 57.2 Å². The molecule has 2 aliphatic rings. The first kappa shape index (κ1) is 19.4. The number of carbonyl (C=O) groups excluding carboxylic acids is 1. The van der Waals surface area contributed by atoms with Gasteiger partial charge in [-0.3, -0.25) is 4.79 Å². The van der Waals surface area contributed by atoms with Crippen LogP contribution in [0.15, 0.2) is 36.4 Å². The van der Waals surface area contributed by atoms with E-state index in [-0.39, 0.29) is 17.9 Å². The van der Waals surface area contributed by atoms with Crippen molar-refractivity contribution >= 4 is 5.91 Å². The summed E-state index contributed by atoms with van der Waals surface area (Å²) in [5.41, 5.74) is 2.05. The third-order valence-electron chi connectivity index (χ3n) is 5.86. The zero-order valence-corrected chi connectivity index (χ0v) is 17.1. The Morgan fingerprint density at radius 1 is 1.03 bits per heavy atom. The molecule has 2 atom stereocenters. The summed E-state index contributed by atoms with van der Waals surface area (Å²) in [5.74, 6) is 3.06. The number of nitrogens with zero attached hydrogens (tertiary/aromatic N) is 1. The van der Waals surface area contributed by atoms with Crippen LogP contribution in [0.5, 0.6) is 23.0 Å². The molecule has 154 valence electrons. The third-order valence-corrected chi connectivity index (χ3v) is 5.86. The van der Waals surface area contributed by atoms with Crippen LogP contribution in [0.3, 0.4) is 0 Å². The minimum atomic E-state index is -0.195.